The summed E-state index contributed by atoms with van der Waals surface area (Å²) in [7, 11) is 0. The van der Waals surface area contributed by atoms with Crippen molar-refractivity contribution in [3.05, 3.63) is 52.3 Å². The molecule has 0 unspecified atom stereocenters. The van der Waals surface area contributed by atoms with E-state index in [0.717, 1.165) is 5.56 Å². The summed E-state index contributed by atoms with van der Waals surface area (Å²) in [6.45, 7) is 6.83. The van der Waals surface area contributed by atoms with Crippen molar-refractivity contribution >= 4 is 21.7 Å². The van der Waals surface area contributed by atoms with Crippen molar-refractivity contribution in [2.75, 3.05) is 0 Å². The molecular weight excluding hydrogens is 201 g/mol. The van der Waals surface area contributed by atoms with Crippen molar-refractivity contribution in [2.45, 2.75) is 0 Å². The van der Waals surface area contributed by atoms with Crippen LogP contribution in [-0.2, 0) is 0 Å². The fourth-order valence-electron chi connectivity index (χ4n) is 0.768. The Bertz CT molecular complexity index is 295. The van der Waals surface area contributed by atoms with Crippen LogP contribution in [0.5, 0.6) is 0 Å². The van der Waals surface area contributed by atoms with Crippen LogP contribution < -0.4 is 0 Å². The van der Waals surface area contributed by atoms with Crippen LogP contribution in [0.1, 0.15) is 5.56 Å². The molecule has 0 saturated heterocycles. The molecule has 0 atom stereocenters. The molecule has 0 saturated carbocycles. The van der Waals surface area contributed by atoms with Crippen molar-refractivity contribution in [3.63, 3.8) is 0 Å². The van der Waals surface area contributed by atoms with Crippen LogP contribution in [0, 0.1) is 6.57 Å². The maximum atomic E-state index is 6.83. The molecule has 0 heterocycles. The number of benzene rings is 1. The van der Waals surface area contributed by atoms with Gasteiger partial charge in [0.1, 0.15) is 0 Å². The van der Waals surface area contributed by atoms with E-state index in [0.29, 0.717) is 5.70 Å². The van der Waals surface area contributed by atoms with Gasteiger partial charge in [-0.05, 0) is 0 Å². The molecule has 11 heavy (non-hydrogen) atoms. The summed E-state index contributed by atoms with van der Waals surface area (Å²) >= 11 is 2.72. The van der Waals surface area contributed by atoms with Gasteiger partial charge in [-0.15, -0.1) is 0 Å². The Morgan fingerprint density at radius 1 is 1.36 bits per heavy atom. The Balaban J connectivity index is 3.05. The molecule has 0 spiro atoms. The second-order valence-electron chi connectivity index (χ2n) is 1.98. The Morgan fingerprint density at radius 2 is 2.00 bits per heavy atom. The second kappa shape index (κ2) is 3.98. The molecule has 1 rings (SSSR count). The SMILES string of the molecule is [C-]#[N+]/C(=C\[Se])c1ccccc1. The molecule has 0 aliphatic heterocycles. The first kappa shape index (κ1) is 8.07. The third-order valence-corrected chi connectivity index (χ3v) is 1.77. The van der Waals surface area contributed by atoms with Gasteiger partial charge in [0.15, 0.2) is 0 Å². The first-order chi connectivity index (χ1) is 5.38. The van der Waals surface area contributed by atoms with Crippen LogP contribution in [0.15, 0.2) is 35.3 Å². The van der Waals surface area contributed by atoms with Crippen LogP contribution in [0.2, 0.25) is 0 Å². The van der Waals surface area contributed by atoms with E-state index in [1.807, 2.05) is 30.3 Å². The molecule has 1 aromatic rings. The summed E-state index contributed by atoms with van der Waals surface area (Å²) in [4.78, 5) is 5.05. The molecule has 1 radical (unpaired) electrons. The molecule has 0 N–H and O–H groups in total. The molecule has 0 aliphatic rings. The summed E-state index contributed by atoms with van der Waals surface area (Å²) < 4.78 is 0. The van der Waals surface area contributed by atoms with Gasteiger partial charge in [0, 0.05) is 0 Å². The Labute approximate surface area is 74.4 Å². The fraction of sp³-hybridized carbons (Fsp3) is 0. The van der Waals surface area contributed by atoms with Crippen LogP contribution in [0.3, 0.4) is 0 Å². The van der Waals surface area contributed by atoms with E-state index in [2.05, 4.69) is 20.9 Å². The first-order valence-electron chi connectivity index (χ1n) is 3.13. The molecule has 53 valence electrons. The molecule has 1 nitrogen and oxygen atoms in total. The van der Waals surface area contributed by atoms with E-state index < -0.39 is 0 Å². The molecule has 0 aliphatic carbocycles. The van der Waals surface area contributed by atoms with E-state index in [9.17, 15) is 0 Å². The molecule has 1 aromatic carbocycles. The van der Waals surface area contributed by atoms with Gasteiger partial charge in [0.2, 0.25) is 0 Å². The minimum absolute atomic E-state index is 0.658. The van der Waals surface area contributed by atoms with E-state index in [4.69, 9.17) is 6.57 Å². The normalized spacial score (nSPS) is 10.6. The number of nitrogens with zero attached hydrogens (tertiary/aromatic N) is 1. The summed E-state index contributed by atoms with van der Waals surface area (Å²) in [5.74, 6) is 0. The van der Waals surface area contributed by atoms with E-state index in [-0.39, 0.29) is 0 Å². The Morgan fingerprint density at radius 3 is 2.45 bits per heavy atom. The third kappa shape index (κ3) is 1.94. The van der Waals surface area contributed by atoms with E-state index in [1.54, 1.807) is 4.97 Å². The molecule has 2 heteroatoms. The average Bonchev–Trinajstić information content (AvgIpc) is 2.09. The predicted octanol–water partition coefficient (Wildman–Crippen LogP) is 2.07. The monoisotopic (exact) mass is 208 g/mol. The zero-order valence-corrected chi connectivity index (χ0v) is 7.53. The molecular formula is C9H6NSe. The van der Waals surface area contributed by atoms with Crippen LogP contribution in [0.4, 0.5) is 0 Å². The third-order valence-electron chi connectivity index (χ3n) is 1.30. The van der Waals surface area contributed by atoms with Crippen molar-refractivity contribution in [2.24, 2.45) is 0 Å². The Kier molecular flexibility index (Phi) is 2.92. The molecule has 0 aromatic heterocycles. The van der Waals surface area contributed by atoms with Gasteiger partial charge in [0.25, 0.3) is 0 Å². The van der Waals surface area contributed by atoms with Gasteiger partial charge in [-0.3, -0.25) is 0 Å². The van der Waals surface area contributed by atoms with E-state index in [1.165, 1.54) is 0 Å². The molecule has 0 fully saturated rings. The minimum atomic E-state index is 0.658. The predicted molar refractivity (Wildman–Crippen MR) is 46.8 cm³/mol. The number of hydrogen-bond donors (Lipinski definition) is 0. The van der Waals surface area contributed by atoms with Gasteiger partial charge in [-0.2, -0.15) is 0 Å². The molecule has 0 amide bonds. The topological polar surface area (TPSA) is 4.36 Å². The summed E-state index contributed by atoms with van der Waals surface area (Å²) in [5, 5.41) is 0. The zero-order valence-electron chi connectivity index (χ0n) is 5.82. The number of hydrogen-bond acceptors (Lipinski definition) is 0. The van der Waals surface area contributed by atoms with Gasteiger partial charge in [-0.25, -0.2) is 0 Å². The van der Waals surface area contributed by atoms with Crippen molar-refractivity contribution in [3.8, 4) is 0 Å². The van der Waals surface area contributed by atoms with Crippen LogP contribution in [0.25, 0.3) is 10.5 Å². The summed E-state index contributed by atoms with van der Waals surface area (Å²) in [6.07, 6.45) is 0. The fourth-order valence-corrected chi connectivity index (χ4v) is 1.16. The van der Waals surface area contributed by atoms with Gasteiger partial charge >= 0.3 is 74.0 Å². The summed E-state index contributed by atoms with van der Waals surface area (Å²) in [5.41, 5.74) is 1.62. The molecule has 0 bridgehead atoms. The van der Waals surface area contributed by atoms with Crippen LogP contribution in [-0.4, -0.2) is 16.0 Å². The summed E-state index contributed by atoms with van der Waals surface area (Å²) in [6, 6.07) is 9.61. The first-order valence-corrected chi connectivity index (χ1v) is 4.12. The van der Waals surface area contributed by atoms with Gasteiger partial charge in [0.05, 0.1) is 0 Å². The quantitative estimate of drug-likeness (QED) is 0.490. The van der Waals surface area contributed by atoms with Crippen molar-refractivity contribution < 1.29 is 0 Å². The standard InChI is InChI=1S/C9H6NSe/c1-10-9(7-11)8-5-3-2-4-6-8/h2-7H/b9-7-. The van der Waals surface area contributed by atoms with E-state index >= 15 is 0 Å². The van der Waals surface area contributed by atoms with Crippen molar-refractivity contribution in [1.82, 2.24) is 0 Å². The average molecular weight is 207 g/mol. The van der Waals surface area contributed by atoms with Gasteiger partial charge < -0.3 is 0 Å². The zero-order chi connectivity index (χ0) is 8.10. The van der Waals surface area contributed by atoms with Crippen LogP contribution >= 0.6 is 0 Å². The van der Waals surface area contributed by atoms with Crippen molar-refractivity contribution in [1.29, 1.82) is 0 Å². The second-order valence-corrected chi connectivity index (χ2v) is 2.48. The maximum absolute atomic E-state index is 6.83. The van der Waals surface area contributed by atoms with Gasteiger partial charge in [-0.1, -0.05) is 0 Å². The number of rotatable bonds is 1. The Hall–Kier alpha value is -1.03.